The molecule has 18 heteroatoms. The van der Waals surface area contributed by atoms with E-state index in [0.717, 1.165) is 295 Å². The lowest BCUT2D eigenvalue weighted by atomic mass is 9.91. The van der Waals surface area contributed by atoms with Crippen molar-refractivity contribution >= 4 is 68.4 Å². The van der Waals surface area contributed by atoms with Gasteiger partial charge in [0.1, 0.15) is 17.1 Å². The summed E-state index contributed by atoms with van der Waals surface area (Å²) in [6.45, 7) is 51.4. The monoisotopic (exact) mass is 1570 g/mol. The normalized spacial score (nSPS) is 14.3. The first kappa shape index (κ1) is 93.9. The van der Waals surface area contributed by atoms with E-state index in [4.69, 9.17) is 45.2 Å². The van der Waals surface area contributed by atoms with E-state index in [2.05, 4.69) is 215 Å². The molecular formula is C97H149N15O3. The number of nitrogens with zero attached hydrogens (tertiary/aromatic N) is 15. The molecule has 3 aliphatic rings. The Morgan fingerprint density at radius 1 is 0.339 bits per heavy atom. The number of anilines is 3. The van der Waals surface area contributed by atoms with Gasteiger partial charge >= 0.3 is 0 Å². The highest BCUT2D eigenvalue weighted by Gasteiger charge is 2.35. The quantitative estimate of drug-likeness (QED) is 0.0335. The Balaban J connectivity index is 0.000000239. The zero-order valence-corrected chi connectivity index (χ0v) is 75.5. The second-order valence-corrected chi connectivity index (χ2v) is 32.4. The van der Waals surface area contributed by atoms with Gasteiger partial charge in [0.05, 0.1) is 51.3 Å². The molecule has 9 rings (SSSR count). The third-order valence-corrected chi connectivity index (χ3v) is 23.4. The first-order valence-electron chi connectivity index (χ1n) is 45.7. The molecule has 0 saturated carbocycles. The molecule has 0 spiro atoms. The van der Waals surface area contributed by atoms with Gasteiger partial charge in [0, 0.05) is 84.9 Å². The fourth-order valence-corrected chi connectivity index (χ4v) is 15.8. The number of fused-ring (bicyclic) bond motifs is 3. The van der Waals surface area contributed by atoms with Gasteiger partial charge in [-0.3, -0.25) is 14.4 Å². The van der Waals surface area contributed by atoms with Crippen LogP contribution in [0.3, 0.4) is 0 Å². The van der Waals surface area contributed by atoms with Crippen LogP contribution >= 0.6 is 0 Å². The average Bonchev–Trinajstić information content (AvgIpc) is 1.62. The van der Waals surface area contributed by atoms with Gasteiger partial charge in [-0.1, -0.05) is 186 Å². The summed E-state index contributed by atoms with van der Waals surface area (Å²) in [5.74, 6) is 2.41. The minimum absolute atomic E-state index is 0.000929. The first-order chi connectivity index (χ1) is 55.7. The van der Waals surface area contributed by atoms with Crippen molar-refractivity contribution in [3.63, 3.8) is 0 Å². The van der Waals surface area contributed by atoms with Crippen molar-refractivity contribution in [2.75, 3.05) is 54.0 Å². The van der Waals surface area contributed by atoms with Crippen LogP contribution in [0.4, 0.5) is 34.1 Å². The van der Waals surface area contributed by atoms with Crippen molar-refractivity contribution in [2.45, 2.75) is 344 Å². The molecule has 2 atom stereocenters. The molecule has 0 saturated heterocycles. The fraction of sp³-hybridized carbons (Fsp3) is 0.629. The summed E-state index contributed by atoms with van der Waals surface area (Å²) in [6.07, 6.45) is 32.6. The lowest BCUT2D eigenvalue weighted by Gasteiger charge is -2.22. The van der Waals surface area contributed by atoms with Crippen molar-refractivity contribution in [3.05, 3.63) is 154 Å². The van der Waals surface area contributed by atoms with Crippen LogP contribution in [0.1, 0.15) is 353 Å². The summed E-state index contributed by atoms with van der Waals surface area (Å²) in [5.41, 5.74) is 20.0. The summed E-state index contributed by atoms with van der Waals surface area (Å²) >= 11 is 0. The zero-order valence-electron chi connectivity index (χ0n) is 75.5. The summed E-state index contributed by atoms with van der Waals surface area (Å²) in [6, 6.07) is 19.3. The van der Waals surface area contributed by atoms with Crippen LogP contribution in [0.2, 0.25) is 0 Å². The Kier molecular flexibility index (Phi) is 39.5. The maximum atomic E-state index is 13.9. The van der Waals surface area contributed by atoms with E-state index in [-0.39, 0.29) is 34.4 Å². The molecule has 6 heterocycles. The Morgan fingerprint density at radius 3 is 0.983 bits per heavy atom. The van der Waals surface area contributed by atoms with Crippen LogP contribution in [-0.4, -0.2) is 103 Å². The van der Waals surface area contributed by atoms with Crippen LogP contribution in [0.5, 0.6) is 0 Å². The summed E-state index contributed by atoms with van der Waals surface area (Å²) in [4.78, 5) is 79.4. The molecule has 0 aliphatic carbocycles. The molecule has 3 aromatic carbocycles. The number of hydrogen-bond donors (Lipinski definition) is 0. The summed E-state index contributed by atoms with van der Waals surface area (Å²) in [5, 5.41) is 14.6. The number of aromatic nitrogens is 6. The van der Waals surface area contributed by atoms with Crippen molar-refractivity contribution in [3.8, 4) is 0 Å². The topological polar surface area (TPSA) is 189 Å². The van der Waals surface area contributed by atoms with Gasteiger partial charge in [-0.25, -0.2) is 29.9 Å². The molecular weight excluding hydrogens is 1420 g/mol. The van der Waals surface area contributed by atoms with Gasteiger partial charge < -0.3 is 14.7 Å². The third kappa shape index (κ3) is 24.7. The predicted octanol–water partition coefficient (Wildman–Crippen LogP) is 23.3. The molecule has 0 fully saturated rings. The standard InChI is InChI=1S/C34H53N5O.C32H49N5O.C31H47N5O/c1-8-12-14-16-18-20-28-30(21-19-17-15-13-9-2)36-33-32(31(25(5)6)37-39(33)34(28)40)35-29-23-22-27(24-26(29)7)38(10-3)11-4;1-8-14-17-24(11-4)29-30(33-27-21-20-25(22-23(27)7)36(12-5)13-6)31-34-28(19-16-10-3)26(18-15-9-2)32(38)37(31)35-29;1-8-13-15-17-25-27(18-16-14-9-2)33-30-29(28(22(6)10-3)34-36(30)31(25)37)32-26-20-19-24(21-23(26)7)35(11-4)12-5/h22-25H,8-21H2,1-7H3;20-22,24H,8-19H2,1-7H3;19-22H,8-18H2,1-7H3. The van der Waals surface area contributed by atoms with Crippen LogP contribution in [0.25, 0.3) is 0 Å². The van der Waals surface area contributed by atoms with Gasteiger partial charge in [-0.15, -0.1) is 0 Å². The van der Waals surface area contributed by atoms with E-state index >= 15 is 0 Å². The maximum Gasteiger partial charge on any atom is 0.277 e. The number of aryl methyl sites for hydroxylation is 6. The van der Waals surface area contributed by atoms with Gasteiger partial charge in [0.25, 0.3) is 16.7 Å². The van der Waals surface area contributed by atoms with Gasteiger partial charge in [-0.05, 0) is 236 Å². The Bertz CT molecular complexity index is 4470. The molecule has 115 heavy (non-hydrogen) atoms. The molecule has 6 aromatic rings. The minimum atomic E-state index is -0.00721. The van der Waals surface area contributed by atoms with Gasteiger partial charge in [0.2, 0.25) is 0 Å². The molecule has 3 aliphatic heterocycles. The molecule has 18 nitrogen and oxygen atoms in total. The number of rotatable bonds is 46. The van der Waals surface area contributed by atoms with E-state index in [1.807, 2.05) is 0 Å². The third-order valence-electron chi connectivity index (χ3n) is 23.4. The van der Waals surface area contributed by atoms with Crippen LogP contribution in [0, 0.1) is 38.5 Å². The van der Waals surface area contributed by atoms with Crippen molar-refractivity contribution in [1.82, 2.24) is 29.0 Å². The SMILES string of the molecule is CCCCCCCc1nc2n(c(=O)c1CCCCCCC)N=C(C(C)C)C2=Nc1ccc(N(CC)CC)cc1C.CCCCCc1nc2n(c(=O)c1CCCCC)N=C(C(C)CC)C2=Nc1ccc(N(CC)CC)cc1C.CCCCc1nc2n(c(=O)c1CCCC)N=C(C(CC)CCCC)C2=Nc1ccc(N(CC)CC)cc1C. The zero-order chi connectivity index (χ0) is 83.7. The Labute approximate surface area is 693 Å². The van der Waals surface area contributed by atoms with Crippen molar-refractivity contribution in [1.29, 1.82) is 0 Å². The molecule has 0 radical (unpaired) electrons. The summed E-state index contributed by atoms with van der Waals surface area (Å²) in [7, 11) is 0. The number of hydrogen-bond acceptors (Lipinski definition) is 15. The Hall–Kier alpha value is -8.28. The summed E-state index contributed by atoms with van der Waals surface area (Å²) < 4.78 is 4.67. The molecule has 0 N–H and O–H groups in total. The number of unbranched alkanes of at least 4 members (excludes halogenated alkanes) is 15. The van der Waals surface area contributed by atoms with Crippen LogP contribution in [0.15, 0.2) is 99.3 Å². The maximum absolute atomic E-state index is 13.9. The van der Waals surface area contributed by atoms with E-state index in [9.17, 15) is 14.4 Å². The number of benzene rings is 3. The molecule has 3 aromatic heterocycles. The van der Waals surface area contributed by atoms with E-state index in [1.165, 1.54) is 62.0 Å². The highest BCUT2D eigenvalue weighted by Crippen LogP contribution is 2.34. The molecule has 0 amide bonds. The lowest BCUT2D eigenvalue weighted by molar-refractivity contribution is 0.569. The van der Waals surface area contributed by atoms with E-state index in [1.54, 1.807) is 14.0 Å². The molecule has 630 valence electrons. The lowest BCUT2D eigenvalue weighted by Crippen LogP contribution is -2.28. The van der Waals surface area contributed by atoms with Gasteiger partial charge in [-0.2, -0.15) is 29.3 Å². The van der Waals surface area contributed by atoms with Crippen LogP contribution < -0.4 is 31.4 Å². The van der Waals surface area contributed by atoms with Crippen molar-refractivity contribution in [2.24, 2.45) is 48.0 Å². The number of aliphatic imine (C=N–C) groups is 3. The second-order valence-electron chi connectivity index (χ2n) is 32.4. The van der Waals surface area contributed by atoms with Crippen molar-refractivity contribution < 1.29 is 0 Å². The highest BCUT2D eigenvalue weighted by atomic mass is 16.1. The predicted molar refractivity (Wildman–Crippen MR) is 493 cm³/mol. The second kappa shape index (κ2) is 48.4. The minimum Gasteiger partial charge on any atom is -0.372 e. The van der Waals surface area contributed by atoms with Gasteiger partial charge in [0.15, 0.2) is 17.5 Å². The molecule has 2 unspecified atom stereocenters. The highest BCUT2D eigenvalue weighted by molar-refractivity contribution is 6.51. The largest absolute Gasteiger partial charge is 0.372 e. The smallest absolute Gasteiger partial charge is 0.277 e. The van der Waals surface area contributed by atoms with E-state index in [0.29, 0.717) is 17.5 Å². The fourth-order valence-electron chi connectivity index (χ4n) is 15.8. The first-order valence-corrected chi connectivity index (χ1v) is 45.7. The Morgan fingerprint density at radius 2 is 0.635 bits per heavy atom. The molecule has 0 bridgehead atoms. The average molecular weight is 1570 g/mol. The van der Waals surface area contributed by atoms with E-state index < -0.39 is 0 Å². The van der Waals surface area contributed by atoms with Crippen LogP contribution in [-0.2, 0) is 38.5 Å².